The van der Waals surface area contributed by atoms with Crippen molar-refractivity contribution < 1.29 is 4.79 Å². The van der Waals surface area contributed by atoms with Crippen LogP contribution in [0, 0.1) is 0 Å². The molecule has 0 radical (unpaired) electrons. The molecule has 5 heteroatoms. The first-order valence-corrected chi connectivity index (χ1v) is 6.26. The zero-order valence-electron chi connectivity index (χ0n) is 10.4. The number of hydrogen-bond acceptors (Lipinski definition) is 2. The molecule has 0 spiro atoms. The normalized spacial score (nSPS) is 18.2. The van der Waals surface area contributed by atoms with Gasteiger partial charge in [-0.1, -0.05) is 29.8 Å². The fraction of sp³-hybridized carbons (Fsp3) is 0.462. The van der Waals surface area contributed by atoms with Crippen molar-refractivity contribution in [1.29, 1.82) is 0 Å². The minimum Gasteiger partial charge on any atom is -0.341 e. The maximum Gasteiger partial charge on any atom is 0.227 e. The summed E-state index contributed by atoms with van der Waals surface area (Å²) in [4.78, 5) is 13.9. The first-order chi connectivity index (χ1) is 8.18. The van der Waals surface area contributed by atoms with Gasteiger partial charge in [0.1, 0.15) is 0 Å². The van der Waals surface area contributed by atoms with Gasteiger partial charge in [0.05, 0.1) is 6.42 Å². The molecule has 1 amide bonds. The Morgan fingerprint density at radius 1 is 1.50 bits per heavy atom. The summed E-state index contributed by atoms with van der Waals surface area (Å²) in [5.41, 5.74) is 0.900. The number of carbonyl (C=O) groups is 1. The van der Waals surface area contributed by atoms with E-state index in [0.717, 1.165) is 25.1 Å². The number of carbonyl (C=O) groups excluding carboxylic acids is 1. The summed E-state index contributed by atoms with van der Waals surface area (Å²) in [5.74, 6) is 0.131. The molecule has 3 nitrogen and oxygen atoms in total. The Kier molecular flexibility index (Phi) is 5.93. The number of hydrogen-bond donors (Lipinski definition) is 1. The average molecular weight is 289 g/mol. The molecular formula is C13H18Cl2N2O. The summed E-state index contributed by atoms with van der Waals surface area (Å²) >= 11 is 6.05. The number of amides is 1. The van der Waals surface area contributed by atoms with Crippen LogP contribution in [0.1, 0.15) is 12.0 Å². The molecule has 0 bridgehead atoms. The molecule has 1 fully saturated rings. The van der Waals surface area contributed by atoms with Crippen LogP contribution in [0.25, 0.3) is 0 Å². The van der Waals surface area contributed by atoms with E-state index in [-0.39, 0.29) is 18.3 Å². The fourth-order valence-corrected chi connectivity index (χ4v) is 2.31. The molecule has 1 N–H and O–H groups in total. The van der Waals surface area contributed by atoms with Crippen molar-refractivity contribution in [1.82, 2.24) is 10.2 Å². The van der Waals surface area contributed by atoms with Crippen LogP contribution in [-0.4, -0.2) is 37.0 Å². The van der Waals surface area contributed by atoms with E-state index in [2.05, 4.69) is 5.32 Å². The van der Waals surface area contributed by atoms with Gasteiger partial charge in [0, 0.05) is 24.7 Å². The highest BCUT2D eigenvalue weighted by Crippen LogP contribution is 2.17. The number of nitrogens with one attached hydrogen (secondary N) is 1. The second kappa shape index (κ2) is 6.98. The molecule has 1 aromatic carbocycles. The first kappa shape index (κ1) is 15.3. The quantitative estimate of drug-likeness (QED) is 0.924. The van der Waals surface area contributed by atoms with Crippen LogP contribution in [0.5, 0.6) is 0 Å². The van der Waals surface area contributed by atoms with Crippen LogP contribution < -0.4 is 5.32 Å². The minimum atomic E-state index is 0. The number of likely N-dealkylation sites (N-methyl/N-ethyl adjacent to an activating group) is 1. The first-order valence-electron chi connectivity index (χ1n) is 5.88. The number of benzene rings is 1. The third-order valence-corrected chi connectivity index (χ3v) is 3.64. The zero-order valence-corrected chi connectivity index (χ0v) is 11.9. The molecule has 100 valence electrons. The van der Waals surface area contributed by atoms with Crippen molar-refractivity contribution in [2.75, 3.05) is 20.1 Å². The van der Waals surface area contributed by atoms with Crippen LogP contribution in [0.2, 0.25) is 5.02 Å². The Labute approximate surface area is 119 Å². The van der Waals surface area contributed by atoms with Gasteiger partial charge in [-0.25, -0.2) is 0 Å². The molecule has 1 unspecified atom stereocenters. The van der Waals surface area contributed by atoms with Gasteiger partial charge >= 0.3 is 0 Å². The molecule has 1 aliphatic rings. The van der Waals surface area contributed by atoms with Crippen LogP contribution in [0.3, 0.4) is 0 Å². The molecule has 0 aromatic heterocycles. The smallest absolute Gasteiger partial charge is 0.227 e. The molecule has 1 aromatic rings. The monoisotopic (exact) mass is 288 g/mol. The molecule has 1 saturated heterocycles. The Morgan fingerprint density at radius 3 is 2.83 bits per heavy atom. The lowest BCUT2D eigenvalue weighted by atomic mass is 10.1. The van der Waals surface area contributed by atoms with Gasteiger partial charge in [0.15, 0.2) is 0 Å². The van der Waals surface area contributed by atoms with E-state index in [0.29, 0.717) is 17.5 Å². The lowest BCUT2D eigenvalue weighted by Crippen LogP contribution is -2.39. The summed E-state index contributed by atoms with van der Waals surface area (Å²) in [7, 11) is 1.87. The second-order valence-corrected chi connectivity index (χ2v) is 4.83. The molecule has 1 aliphatic heterocycles. The van der Waals surface area contributed by atoms with Gasteiger partial charge in [-0.15, -0.1) is 12.4 Å². The predicted molar refractivity (Wildman–Crippen MR) is 76.4 cm³/mol. The van der Waals surface area contributed by atoms with Gasteiger partial charge in [-0.05, 0) is 24.6 Å². The third-order valence-electron chi connectivity index (χ3n) is 3.27. The highest BCUT2D eigenvalue weighted by Gasteiger charge is 2.23. The van der Waals surface area contributed by atoms with Crippen molar-refractivity contribution in [2.45, 2.75) is 18.9 Å². The molecule has 1 heterocycles. The SMILES string of the molecule is CN(C(=O)Cc1ccccc1Cl)C1CCNC1.Cl. The number of halogens is 2. The Hall–Kier alpha value is -0.770. The third kappa shape index (κ3) is 3.61. The molecule has 1 atom stereocenters. The van der Waals surface area contributed by atoms with Crippen molar-refractivity contribution in [3.63, 3.8) is 0 Å². The maximum atomic E-state index is 12.1. The molecule has 2 rings (SSSR count). The number of nitrogens with zero attached hydrogens (tertiary/aromatic N) is 1. The van der Waals surface area contributed by atoms with Gasteiger partial charge in [-0.2, -0.15) is 0 Å². The largest absolute Gasteiger partial charge is 0.341 e. The highest BCUT2D eigenvalue weighted by atomic mass is 35.5. The average Bonchev–Trinajstić information content (AvgIpc) is 2.84. The Morgan fingerprint density at radius 2 is 2.22 bits per heavy atom. The van der Waals surface area contributed by atoms with Gasteiger partial charge in [-0.3, -0.25) is 4.79 Å². The van der Waals surface area contributed by atoms with Gasteiger partial charge < -0.3 is 10.2 Å². The van der Waals surface area contributed by atoms with E-state index in [1.807, 2.05) is 36.2 Å². The van der Waals surface area contributed by atoms with E-state index in [1.165, 1.54) is 0 Å². The Balaban J connectivity index is 0.00000162. The number of rotatable bonds is 3. The van der Waals surface area contributed by atoms with E-state index >= 15 is 0 Å². The van der Waals surface area contributed by atoms with Crippen molar-refractivity contribution in [3.05, 3.63) is 34.9 Å². The minimum absolute atomic E-state index is 0. The van der Waals surface area contributed by atoms with Crippen molar-refractivity contribution in [2.24, 2.45) is 0 Å². The summed E-state index contributed by atoms with van der Waals surface area (Å²) in [6.07, 6.45) is 1.41. The van der Waals surface area contributed by atoms with E-state index in [1.54, 1.807) is 0 Å². The molecular weight excluding hydrogens is 271 g/mol. The van der Waals surface area contributed by atoms with Crippen LogP contribution in [0.4, 0.5) is 0 Å². The van der Waals surface area contributed by atoms with Gasteiger partial charge in [0.2, 0.25) is 5.91 Å². The van der Waals surface area contributed by atoms with Crippen LogP contribution >= 0.6 is 24.0 Å². The summed E-state index contributed by atoms with van der Waals surface area (Å²) in [6.45, 7) is 1.89. The standard InChI is InChI=1S/C13H17ClN2O.ClH/c1-16(11-6-7-15-9-11)13(17)8-10-4-2-3-5-12(10)14;/h2-5,11,15H,6-9H2,1H3;1H. The maximum absolute atomic E-state index is 12.1. The van der Waals surface area contributed by atoms with Crippen LogP contribution in [-0.2, 0) is 11.2 Å². The zero-order chi connectivity index (χ0) is 12.3. The highest BCUT2D eigenvalue weighted by molar-refractivity contribution is 6.31. The van der Waals surface area contributed by atoms with Gasteiger partial charge in [0.25, 0.3) is 0 Å². The van der Waals surface area contributed by atoms with E-state index < -0.39 is 0 Å². The summed E-state index contributed by atoms with van der Waals surface area (Å²) < 4.78 is 0. The Bertz CT molecular complexity index is 406. The molecule has 0 aliphatic carbocycles. The van der Waals surface area contributed by atoms with Crippen LogP contribution in [0.15, 0.2) is 24.3 Å². The lowest BCUT2D eigenvalue weighted by Gasteiger charge is -2.24. The van der Waals surface area contributed by atoms with Crippen molar-refractivity contribution in [3.8, 4) is 0 Å². The fourth-order valence-electron chi connectivity index (χ4n) is 2.10. The predicted octanol–water partition coefficient (Wildman–Crippen LogP) is 2.12. The molecule has 18 heavy (non-hydrogen) atoms. The second-order valence-electron chi connectivity index (χ2n) is 4.42. The van der Waals surface area contributed by atoms with E-state index in [9.17, 15) is 4.79 Å². The van der Waals surface area contributed by atoms with E-state index in [4.69, 9.17) is 11.6 Å². The van der Waals surface area contributed by atoms with Crippen molar-refractivity contribution >= 4 is 29.9 Å². The summed E-state index contributed by atoms with van der Waals surface area (Å²) in [5, 5.41) is 3.93. The summed E-state index contributed by atoms with van der Waals surface area (Å²) in [6, 6.07) is 7.83. The lowest BCUT2D eigenvalue weighted by molar-refractivity contribution is -0.130. The topological polar surface area (TPSA) is 32.3 Å². The molecule has 0 saturated carbocycles.